The summed E-state index contributed by atoms with van der Waals surface area (Å²) in [6.07, 6.45) is 0.313. The van der Waals surface area contributed by atoms with Crippen molar-refractivity contribution in [2.24, 2.45) is 0 Å². The average Bonchev–Trinajstić information content (AvgIpc) is 2.53. The summed E-state index contributed by atoms with van der Waals surface area (Å²) in [5, 5.41) is 1.10. The molecule has 1 aromatic heterocycles. The van der Waals surface area contributed by atoms with Crippen LogP contribution in [0.3, 0.4) is 0 Å². The number of carbonyl (C=O) groups is 1. The van der Waals surface area contributed by atoms with Crippen molar-refractivity contribution < 1.29 is 9.53 Å². The van der Waals surface area contributed by atoms with E-state index in [4.69, 9.17) is 4.74 Å². The Labute approximate surface area is 107 Å². The third kappa shape index (κ3) is 2.73. The topological polar surface area (TPSA) is 42.1 Å². The number of rotatable bonds is 2. The summed E-state index contributed by atoms with van der Waals surface area (Å²) < 4.78 is 5.36. The van der Waals surface area contributed by atoms with E-state index in [9.17, 15) is 4.79 Å². The first-order chi connectivity index (χ1) is 8.37. The molecule has 0 aliphatic rings. The number of benzene rings is 1. The number of hydrogen-bond donors (Lipinski definition) is 1. The number of ether oxygens (including phenoxy) is 1. The molecule has 3 nitrogen and oxygen atoms in total. The Hall–Kier alpha value is -1.77. The molecule has 96 valence electrons. The second kappa shape index (κ2) is 4.48. The molecule has 2 rings (SSSR count). The Morgan fingerprint density at radius 1 is 1.28 bits per heavy atom. The highest BCUT2D eigenvalue weighted by atomic mass is 16.6. The first-order valence-electron chi connectivity index (χ1n) is 6.15. The summed E-state index contributed by atoms with van der Waals surface area (Å²) in [4.78, 5) is 15.2. The molecule has 0 saturated carbocycles. The Morgan fingerprint density at radius 2 is 1.94 bits per heavy atom. The number of para-hydroxylation sites is 1. The highest BCUT2D eigenvalue weighted by Gasteiger charge is 2.19. The molecule has 0 fully saturated rings. The van der Waals surface area contributed by atoms with Gasteiger partial charge in [-0.05, 0) is 39.3 Å². The number of nitrogens with one attached hydrogen (secondary N) is 1. The second-order valence-corrected chi connectivity index (χ2v) is 5.54. The van der Waals surface area contributed by atoms with Gasteiger partial charge in [-0.25, -0.2) is 0 Å². The summed E-state index contributed by atoms with van der Waals surface area (Å²) in [6, 6.07) is 8.00. The van der Waals surface area contributed by atoms with Gasteiger partial charge in [0.15, 0.2) is 0 Å². The van der Waals surface area contributed by atoms with E-state index in [-0.39, 0.29) is 5.97 Å². The van der Waals surface area contributed by atoms with E-state index in [0.29, 0.717) is 6.42 Å². The summed E-state index contributed by atoms with van der Waals surface area (Å²) >= 11 is 0. The standard InChI is InChI=1S/C15H19NO2/c1-10-12(9-14(17)18-15(2,3)4)11-7-5-6-8-13(11)16-10/h5-8,16H,9H2,1-4H3. The second-order valence-electron chi connectivity index (χ2n) is 5.54. The number of aryl methyl sites for hydroxylation is 1. The molecule has 0 aliphatic carbocycles. The molecule has 2 aromatic rings. The van der Waals surface area contributed by atoms with Gasteiger partial charge in [0.2, 0.25) is 0 Å². The number of fused-ring (bicyclic) bond motifs is 1. The molecule has 0 unspecified atom stereocenters. The van der Waals surface area contributed by atoms with Crippen LogP contribution in [0.5, 0.6) is 0 Å². The minimum Gasteiger partial charge on any atom is -0.460 e. The van der Waals surface area contributed by atoms with Crippen LogP contribution in [-0.4, -0.2) is 16.6 Å². The largest absolute Gasteiger partial charge is 0.460 e. The number of H-pyrrole nitrogens is 1. The normalized spacial score (nSPS) is 11.8. The van der Waals surface area contributed by atoms with Gasteiger partial charge in [-0.3, -0.25) is 4.79 Å². The van der Waals surface area contributed by atoms with Gasteiger partial charge in [-0.1, -0.05) is 18.2 Å². The van der Waals surface area contributed by atoms with Crippen molar-refractivity contribution in [2.45, 2.75) is 39.7 Å². The highest BCUT2D eigenvalue weighted by molar-refractivity contribution is 5.88. The van der Waals surface area contributed by atoms with Crippen molar-refractivity contribution in [3.8, 4) is 0 Å². The molecule has 18 heavy (non-hydrogen) atoms. The van der Waals surface area contributed by atoms with E-state index < -0.39 is 5.60 Å². The molecule has 0 bridgehead atoms. The SMILES string of the molecule is Cc1[nH]c2ccccc2c1CC(=O)OC(C)(C)C. The monoisotopic (exact) mass is 245 g/mol. The first-order valence-corrected chi connectivity index (χ1v) is 6.15. The molecule has 3 heteroatoms. The minimum absolute atomic E-state index is 0.185. The summed E-state index contributed by atoms with van der Waals surface area (Å²) in [5.41, 5.74) is 2.69. The maximum Gasteiger partial charge on any atom is 0.310 e. The number of carbonyl (C=O) groups excluding carboxylic acids is 1. The van der Waals surface area contributed by atoms with Gasteiger partial charge in [0.05, 0.1) is 6.42 Å². The van der Waals surface area contributed by atoms with E-state index in [0.717, 1.165) is 22.2 Å². The summed E-state index contributed by atoms with van der Waals surface area (Å²) in [5.74, 6) is -0.185. The van der Waals surface area contributed by atoms with Crippen LogP contribution < -0.4 is 0 Å². The molecule has 0 amide bonds. The van der Waals surface area contributed by atoms with Crippen LogP contribution in [0.2, 0.25) is 0 Å². The molecular formula is C15H19NO2. The third-order valence-corrected chi connectivity index (χ3v) is 2.77. The Balaban J connectivity index is 2.27. The van der Waals surface area contributed by atoms with E-state index in [1.165, 1.54) is 0 Å². The van der Waals surface area contributed by atoms with Gasteiger partial charge in [-0.15, -0.1) is 0 Å². The zero-order valence-corrected chi connectivity index (χ0v) is 11.3. The zero-order chi connectivity index (χ0) is 13.3. The Kier molecular flexibility index (Phi) is 3.16. The van der Waals surface area contributed by atoms with Gasteiger partial charge >= 0.3 is 5.97 Å². The highest BCUT2D eigenvalue weighted by Crippen LogP contribution is 2.23. The van der Waals surface area contributed by atoms with Gasteiger partial charge in [0.1, 0.15) is 5.60 Å². The van der Waals surface area contributed by atoms with Crippen molar-refractivity contribution >= 4 is 16.9 Å². The molecule has 0 spiro atoms. The van der Waals surface area contributed by atoms with E-state index in [1.54, 1.807) is 0 Å². The molecule has 0 radical (unpaired) electrons. The molecule has 1 heterocycles. The molecular weight excluding hydrogens is 226 g/mol. The predicted molar refractivity (Wildman–Crippen MR) is 72.6 cm³/mol. The quantitative estimate of drug-likeness (QED) is 0.824. The van der Waals surface area contributed by atoms with Crippen molar-refractivity contribution in [3.63, 3.8) is 0 Å². The van der Waals surface area contributed by atoms with Crippen molar-refractivity contribution in [1.29, 1.82) is 0 Å². The van der Waals surface area contributed by atoms with Gasteiger partial charge < -0.3 is 9.72 Å². The summed E-state index contributed by atoms with van der Waals surface area (Å²) in [7, 11) is 0. The minimum atomic E-state index is -0.433. The van der Waals surface area contributed by atoms with Crippen LogP contribution in [-0.2, 0) is 16.0 Å². The van der Waals surface area contributed by atoms with Crippen LogP contribution in [0.4, 0.5) is 0 Å². The molecule has 0 aliphatic heterocycles. The lowest BCUT2D eigenvalue weighted by atomic mass is 10.1. The van der Waals surface area contributed by atoms with Gasteiger partial charge in [0, 0.05) is 16.6 Å². The van der Waals surface area contributed by atoms with E-state index in [1.807, 2.05) is 52.0 Å². The van der Waals surface area contributed by atoms with E-state index in [2.05, 4.69) is 4.98 Å². The fourth-order valence-electron chi connectivity index (χ4n) is 2.08. The van der Waals surface area contributed by atoms with Crippen LogP contribution in [0.1, 0.15) is 32.0 Å². The first kappa shape index (κ1) is 12.7. The molecule has 1 aromatic carbocycles. The van der Waals surface area contributed by atoms with Crippen molar-refractivity contribution in [2.75, 3.05) is 0 Å². The van der Waals surface area contributed by atoms with Crippen molar-refractivity contribution in [3.05, 3.63) is 35.5 Å². The van der Waals surface area contributed by atoms with Crippen molar-refractivity contribution in [1.82, 2.24) is 4.98 Å². The predicted octanol–water partition coefficient (Wildman–Crippen LogP) is 3.36. The van der Waals surface area contributed by atoms with E-state index >= 15 is 0 Å². The average molecular weight is 245 g/mol. The fourth-order valence-corrected chi connectivity index (χ4v) is 2.08. The summed E-state index contributed by atoms with van der Waals surface area (Å²) in [6.45, 7) is 7.63. The maximum absolute atomic E-state index is 11.9. The number of esters is 1. The lowest BCUT2D eigenvalue weighted by Crippen LogP contribution is -2.25. The van der Waals surface area contributed by atoms with Gasteiger partial charge in [-0.2, -0.15) is 0 Å². The molecule has 0 saturated heterocycles. The third-order valence-electron chi connectivity index (χ3n) is 2.77. The van der Waals surface area contributed by atoms with Crippen LogP contribution in [0.15, 0.2) is 24.3 Å². The smallest absolute Gasteiger partial charge is 0.310 e. The number of aromatic amines is 1. The maximum atomic E-state index is 11.9. The molecule has 1 N–H and O–H groups in total. The number of aromatic nitrogens is 1. The fraction of sp³-hybridized carbons (Fsp3) is 0.400. The zero-order valence-electron chi connectivity index (χ0n) is 11.3. The Bertz CT molecular complexity index is 576. The van der Waals surface area contributed by atoms with Crippen LogP contribution in [0, 0.1) is 6.92 Å². The van der Waals surface area contributed by atoms with Crippen LogP contribution >= 0.6 is 0 Å². The Morgan fingerprint density at radius 3 is 2.61 bits per heavy atom. The molecule has 0 atom stereocenters. The lowest BCUT2D eigenvalue weighted by molar-refractivity contribution is -0.153. The van der Waals surface area contributed by atoms with Gasteiger partial charge in [0.25, 0.3) is 0 Å². The van der Waals surface area contributed by atoms with Crippen LogP contribution in [0.25, 0.3) is 10.9 Å². The lowest BCUT2D eigenvalue weighted by Gasteiger charge is -2.19. The number of hydrogen-bond acceptors (Lipinski definition) is 2.